The second-order valence-electron chi connectivity index (χ2n) is 6.17. The summed E-state index contributed by atoms with van der Waals surface area (Å²) in [7, 11) is 0. The summed E-state index contributed by atoms with van der Waals surface area (Å²) < 4.78 is 38.2. The second-order valence-corrected chi connectivity index (χ2v) is 6.17. The molecule has 1 amide bonds. The lowest BCUT2D eigenvalue weighted by molar-refractivity contribution is -0.148. The van der Waals surface area contributed by atoms with Crippen LogP contribution >= 0.6 is 0 Å². The monoisotopic (exact) mass is 382 g/mol. The van der Waals surface area contributed by atoms with Crippen LogP contribution in [0.1, 0.15) is 10.4 Å². The summed E-state index contributed by atoms with van der Waals surface area (Å²) in [5, 5.41) is 0. The third-order valence-corrected chi connectivity index (χ3v) is 4.28. The van der Waals surface area contributed by atoms with Gasteiger partial charge < -0.3 is 9.88 Å². The first-order chi connectivity index (χ1) is 12.8. The lowest BCUT2D eigenvalue weighted by Gasteiger charge is -2.34. The zero-order chi connectivity index (χ0) is 19.6. The summed E-state index contributed by atoms with van der Waals surface area (Å²) in [6.45, 7) is -0.783. The first-order valence-electron chi connectivity index (χ1n) is 8.25. The standard InChI is InChI=1S/C17H17F3N4O3/c18-17(19,20)11-22-6-8-23(9-7-22)14(25)13-10-21-16(27)24(15(13)26)12-4-2-1-3-5-12/h1-5,10H,6-9,11H2,(H,21,27). The molecule has 1 aliphatic rings. The van der Waals surface area contributed by atoms with E-state index in [2.05, 4.69) is 4.98 Å². The van der Waals surface area contributed by atoms with Crippen LogP contribution in [-0.2, 0) is 0 Å². The molecule has 0 radical (unpaired) electrons. The van der Waals surface area contributed by atoms with Crippen molar-refractivity contribution >= 4 is 5.91 Å². The van der Waals surface area contributed by atoms with E-state index < -0.39 is 29.9 Å². The van der Waals surface area contributed by atoms with Gasteiger partial charge in [0.05, 0.1) is 12.2 Å². The fourth-order valence-electron chi connectivity index (χ4n) is 2.97. The SMILES string of the molecule is O=C(c1c[nH]c(=O)n(-c2ccccc2)c1=O)N1CCN(CC(F)(F)F)CC1. The highest BCUT2D eigenvalue weighted by Gasteiger charge is 2.33. The highest BCUT2D eigenvalue weighted by atomic mass is 19.4. The van der Waals surface area contributed by atoms with Crippen molar-refractivity contribution in [3.05, 3.63) is 62.9 Å². The van der Waals surface area contributed by atoms with Gasteiger partial charge in [-0.15, -0.1) is 0 Å². The zero-order valence-electron chi connectivity index (χ0n) is 14.2. The normalized spacial score (nSPS) is 15.7. The van der Waals surface area contributed by atoms with Crippen LogP contribution in [0.15, 0.2) is 46.1 Å². The summed E-state index contributed by atoms with van der Waals surface area (Å²) in [5.74, 6) is -0.618. The molecule has 0 spiro atoms. The third kappa shape index (κ3) is 4.27. The maximum atomic E-state index is 12.7. The molecule has 1 saturated heterocycles. The number of carbonyl (C=O) groups is 1. The number of para-hydroxylation sites is 1. The average Bonchev–Trinajstić information content (AvgIpc) is 2.61. The van der Waals surface area contributed by atoms with Gasteiger partial charge in [0.1, 0.15) is 5.56 Å². The summed E-state index contributed by atoms with van der Waals surface area (Å²) in [6, 6.07) is 8.13. The van der Waals surface area contributed by atoms with Crippen LogP contribution in [0.3, 0.4) is 0 Å². The molecule has 144 valence electrons. The fourth-order valence-corrected chi connectivity index (χ4v) is 2.97. The summed E-state index contributed by atoms with van der Waals surface area (Å²) in [5.41, 5.74) is -1.37. The van der Waals surface area contributed by atoms with Gasteiger partial charge in [0.15, 0.2) is 0 Å². The van der Waals surface area contributed by atoms with Crippen molar-refractivity contribution in [3.63, 3.8) is 0 Å². The highest BCUT2D eigenvalue weighted by molar-refractivity contribution is 5.93. The minimum absolute atomic E-state index is 0.0570. The lowest BCUT2D eigenvalue weighted by Crippen LogP contribution is -2.52. The Morgan fingerprint density at radius 3 is 2.26 bits per heavy atom. The molecule has 10 heteroatoms. The van der Waals surface area contributed by atoms with E-state index in [9.17, 15) is 27.6 Å². The van der Waals surface area contributed by atoms with Gasteiger partial charge in [0, 0.05) is 32.4 Å². The number of nitrogens with zero attached hydrogens (tertiary/aromatic N) is 3. The van der Waals surface area contributed by atoms with Crippen LogP contribution in [0.2, 0.25) is 0 Å². The van der Waals surface area contributed by atoms with Gasteiger partial charge in [-0.1, -0.05) is 18.2 Å². The Morgan fingerprint density at radius 1 is 1.04 bits per heavy atom. The van der Waals surface area contributed by atoms with Crippen LogP contribution in [0.5, 0.6) is 0 Å². The largest absolute Gasteiger partial charge is 0.401 e. The van der Waals surface area contributed by atoms with E-state index >= 15 is 0 Å². The van der Waals surface area contributed by atoms with Crippen LogP contribution in [0.25, 0.3) is 5.69 Å². The van der Waals surface area contributed by atoms with E-state index in [1.165, 1.54) is 9.80 Å². The summed E-state index contributed by atoms with van der Waals surface area (Å²) in [6.07, 6.45) is -3.25. The average molecular weight is 382 g/mol. The number of hydrogen-bond donors (Lipinski definition) is 1. The minimum Gasteiger partial charge on any atom is -0.336 e. The smallest absolute Gasteiger partial charge is 0.336 e. The Morgan fingerprint density at radius 2 is 1.67 bits per heavy atom. The minimum atomic E-state index is -4.30. The predicted octanol–water partition coefficient (Wildman–Crippen LogP) is 0.846. The second kappa shape index (κ2) is 7.39. The van der Waals surface area contributed by atoms with Crippen molar-refractivity contribution in [3.8, 4) is 5.69 Å². The molecule has 27 heavy (non-hydrogen) atoms. The molecule has 0 unspecified atom stereocenters. The van der Waals surface area contributed by atoms with E-state index in [4.69, 9.17) is 0 Å². The van der Waals surface area contributed by atoms with E-state index in [-0.39, 0.29) is 31.7 Å². The van der Waals surface area contributed by atoms with Crippen LogP contribution in [-0.4, -0.2) is 64.2 Å². The molecule has 1 aromatic heterocycles. The Labute approximate surface area is 151 Å². The van der Waals surface area contributed by atoms with Gasteiger partial charge in [0.2, 0.25) is 0 Å². The lowest BCUT2D eigenvalue weighted by atomic mass is 10.2. The molecular formula is C17H17F3N4O3. The molecule has 2 heterocycles. The maximum absolute atomic E-state index is 12.7. The first kappa shape index (κ1) is 18.9. The van der Waals surface area contributed by atoms with Gasteiger partial charge >= 0.3 is 11.9 Å². The third-order valence-electron chi connectivity index (χ3n) is 4.28. The van der Waals surface area contributed by atoms with E-state index in [1.54, 1.807) is 30.3 Å². The Kier molecular flexibility index (Phi) is 5.17. The molecule has 3 rings (SSSR count). The van der Waals surface area contributed by atoms with Crippen molar-refractivity contribution in [1.29, 1.82) is 0 Å². The molecule has 1 N–H and O–H groups in total. The van der Waals surface area contributed by atoms with Crippen molar-refractivity contribution in [2.24, 2.45) is 0 Å². The summed E-state index contributed by atoms with van der Waals surface area (Å²) in [4.78, 5) is 42.2. The first-order valence-corrected chi connectivity index (χ1v) is 8.25. The van der Waals surface area contributed by atoms with Gasteiger partial charge in [0.25, 0.3) is 11.5 Å². The Hall–Kier alpha value is -2.88. The number of piperazine rings is 1. The number of amides is 1. The van der Waals surface area contributed by atoms with E-state index in [1.807, 2.05) is 0 Å². The van der Waals surface area contributed by atoms with Crippen LogP contribution in [0.4, 0.5) is 13.2 Å². The number of H-pyrrole nitrogens is 1. The molecule has 1 fully saturated rings. The van der Waals surface area contributed by atoms with Crippen LogP contribution in [0, 0.1) is 0 Å². The topological polar surface area (TPSA) is 78.4 Å². The maximum Gasteiger partial charge on any atom is 0.401 e. The van der Waals surface area contributed by atoms with E-state index in [0.717, 1.165) is 10.8 Å². The van der Waals surface area contributed by atoms with Gasteiger partial charge in [-0.25, -0.2) is 9.36 Å². The molecule has 0 aliphatic carbocycles. The number of aromatic amines is 1. The van der Waals surface area contributed by atoms with Gasteiger partial charge in [-0.2, -0.15) is 13.2 Å². The van der Waals surface area contributed by atoms with Gasteiger partial charge in [-0.3, -0.25) is 14.5 Å². The van der Waals surface area contributed by atoms with Crippen molar-refractivity contribution < 1.29 is 18.0 Å². The number of halogens is 3. The molecule has 7 nitrogen and oxygen atoms in total. The van der Waals surface area contributed by atoms with Gasteiger partial charge in [-0.05, 0) is 12.1 Å². The Bertz CT molecular complexity index is 929. The van der Waals surface area contributed by atoms with Crippen molar-refractivity contribution in [1.82, 2.24) is 19.4 Å². The number of alkyl halides is 3. The quantitative estimate of drug-likeness (QED) is 0.854. The molecule has 0 atom stereocenters. The molecule has 1 aromatic carbocycles. The highest BCUT2D eigenvalue weighted by Crippen LogP contribution is 2.17. The Balaban J connectivity index is 1.81. The fraction of sp³-hybridized carbons (Fsp3) is 0.353. The number of nitrogens with one attached hydrogen (secondary N) is 1. The number of rotatable bonds is 3. The van der Waals surface area contributed by atoms with E-state index in [0.29, 0.717) is 5.69 Å². The molecule has 0 saturated carbocycles. The molecule has 2 aromatic rings. The van der Waals surface area contributed by atoms with Crippen molar-refractivity contribution in [2.45, 2.75) is 6.18 Å². The number of aromatic nitrogens is 2. The predicted molar refractivity (Wildman–Crippen MR) is 91.1 cm³/mol. The van der Waals surface area contributed by atoms with Crippen molar-refractivity contribution in [2.75, 3.05) is 32.7 Å². The zero-order valence-corrected chi connectivity index (χ0v) is 14.2. The summed E-state index contributed by atoms with van der Waals surface area (Å²) >= 11 is 0. The van der Waals surface area contributed by atoms with Crippen LogP contribution < -0.4 is 11.2 Å². The number of carbonyl (C=O) groups excluding carboxylic acids is 1. The molecular weight excluding hydrogens is 365 g/mol. The molecule has 1 aliphatic heterocycles. The molecule has 0 bridgehead atoms. The number of benzene rings is 1. The number of hydrogen-bond acceptors (Lipinski definition) is 4.